The van der Waals surface area contributed by atoms with Crippen molar-refractivity contribution in [2.24, 2.45) is 0 Å². The third-order valence-electron chi connectivity index (χ3n) is 3.82. The normalized spacial score (nSPS) is 18.1. The lowest BCUT2D eigenvalue weighted by atomic mass is 10.0. The SMILES string of the molecule is CCCCNC(=O)NC(=O)CN1CCc2sccc2[C@@H]1C. The first-order chi connectivity index (χ1) is 10.1. The fourth-order valence-electron chi connectivity index (χ4n) is 2.55. The van der Waals surface area contributed by atoms with Gasteiger partial charge in [0.2, 0.25) is 5.91 Å². The maximum atomic E-state index is 11.9. The summed E-state index contributed by atoms with van der Waals surface area (Å²) in [5, 5.41) is 7.19. The van der Waals surface area contributed by atoms with Gasteiger partial charge in [0.25, 0.3) is 0 Å². The van der Waals surface area contributed by atoms with Gasteiger partial charge in [-0.3, -0.25) is 15.0 Å². The van der Waals surface area contributed by atoms with Crippen molar-refractivity contribution in [3.63, 3.8) is 0 Å². The van der Waals surface area contributed by atoms with E-state index >= 15 is 0 Å². The second kappa shape index (κ2) is 7.56. The van der Waals surface area contributed by atoms with E-state index in [0.717, 1.165) is 25.8 Å². The number of nitrogens with one attached hydrogen (secondary N) is 2. The largest absolute Gasteiger partial charge is 0.338 e. The molecule has 1 aliphatic heterocycles. The Kier molecular flexibility index (Phi) is 5.76. The number of hydrogen-bond acceptors (Lipinski definition) is 4. The quantitative estimate of drug-likeness (QED) is 0.820. The molecule has 5 nitrogen and oxygen atoms in total. The van der Waals surface area contributed by atoms with E-state index in [9.17, 15) is 9.59 Å². The molecular formula is C15H23N3O2S. The monoisotopic (exact) mass is 309 g/mol. The van der Waals surface area contributed by atoms with Crippen LogP contribution < -0.4 is 10.6 Å². The minimum atomic E-state index is -0.394. The molecule has 1 aromatic rings. The molecule has 0 spiro atoms. The summed E-state index contributed by atoms with van der Waals surface area (Å²) in [7, 11) is 0. The van der Waals surface area contributed by atoms with E-state index in [0.29, 0.717) is 6.54 Å². The fourth-order valence-corrected chi connectivity index (χ4v) is 3.51. The molecule has 0 saturated heterocycles. The van der Waals surface area contributed by atoms with Crippen LogP contribution in [-0.2, 0) is 11.2 Å². The lowest BCUT2D eigenvalue weighted by Gasteiger charge is -2.32. The molecule has 6 heteroatoms. The van der Waals surface area contributed by atoms with Gasteiger partial charge >= 0.3 is 6.03 Å². The number of carbonyl (C=O) groups excluding carboxylic acids is 2. The van der Waals surface area contributed by atoms with Gasteiger partial charge in [-0.15, -0.1) is 11.3 Å². The van der Waals surface area contributed by atoms with Crippen molar-refractivity contribution in [2.45, 2.75) is 39.2 Å². The first-order valence-electron chi connectivity index (χ1n) is 7.49. The summed E-state index contributed by atoms with van der Waals surface area (Å²) in [6.07, 6.45) is 2.92. The number of imide groups is 1. The van der Waals surface area contributed by atoms with Crippen molar-refractivity contribution >= 4 is 23.3 Å². The number of unbranched alkanes of at least 4 members (excludes halogenated alkanes) is 1. The summed E-state index contributed by atoms with van der Waals surface area (Å²) in [4.78, 5) is 27.0. The number of urea groups is 1. The Bertz CT molecular complexity index is 501. The number of nitrogens with zero attached hydrogens (tertiary/aromatic N) is 1. The number of fused-ring (bicyclic) bond motifs is 1. The van der Waals surface area contributed by atoms with E-state index in [2.05, 4.69) is 40.8 Å². The van der Waals surface area contributed by atoms with Gasteiger partial charge in [0.05, 0.1) is 6.54 Å². The minimum Gasteiger partial charge on any atom is -0.338 e. The summed E-state index contributed by atoms with van der Waals surface area (Å²) in [5.74, 6) is -0.241. The summed E-state index contributed by atoms with van der Waals surface area (Å²) in [5.41, 5.74) is 1.31. The Morgan fingerprint density at radius 2 is 2.29 bits per heavy atom. The molecule has 0 aliphatic carbocycles. The van der Waals surface area contributed by atoms with E-state index in [1.807, 2.05) is 0 Å². The van der Waals surface area contributed by atoms with Crippen molar-refractivity contribution in [3.8, 4) is 0 Å². The third kappa shape index (κ3) is 4.28. The van der Waals surface area contributed by atoms with E-state index in [1.54, 1.807) is 11.3 Å². The van der Waals surface area contributed by atoms with Gasteiger partial charge in [-0.25, -0.2) is 4.79 Å². The van der Waals surface area contributed by atoms with E-state index in [-0.39, 0.29) is 18.5 Å². The van der Waals surface area contributed by atoms with Crippen LogP contribution in [0.4, 0.5) is 4.79 Å². The van der Waals surface area contributed by atoms with Gasteiger partial charge in [0, 0.05) is 24.0 Å². The van der Waals surface area contributed by atoms with Crippen molar-refractivity contribution in [3.05, 3.63) is 21.9 Å². The molecule has 0 saturated carbocycles. The lowest BCUT2D eigenvalue weighted by molar-refractivity contribution is -0.121. The molecule has 1 aromatic heterocycles. The van der Waals surface area contributed by atoms with E-state index in [1.165, 1.54) is 10.4 Å². The highest BCUT2D eigenvalue weighted by molar-refractivity contribution is 7.10. The number of carbonyl (C=O) groups is 2. The first kappa shape index (κ1) is 16.0. The zero-order valence-electron chi connectivity index (χ0n) is 12.6. The average molecular weight is 309 g/mol. The first-order valence-corrected chi connectivity index (χ1v) is 8.37. The highest BCUT2D eigenvalue weighted by Crippen LogP contribution is 2.32. The molecule has 0 fully saturated rings. The van der Waals surface area contributed by atoms with Crippen LogP contribution in [0.2, 0.25) is 0 Å². The molecule has 0 bridgehead atoms. The van der Waals surface area contributed by atoms with Gasteiger partial charge < -0.3 is 5.32 Å². The minimum absolute atomic E-state index is 0.230. The average Bonchev–Trinajstić information content (AvgIpc) is 2.91. The Morgan fingerprint density at radius 1 is 1.48 bits per heavy atom. The van der Waals surface area contributed by atoms with Gasteiger partial charge in [0.1, 0.15) is 0 Å². The van der Waals surface area contributed by atoms with Crippen LogP contribution in [0, 0.1) is 0 Å². The zero-order chi connectivity index (χ0) is 15.2. The summed E-state index contributed by atoms with van der Waals surface area (Å²) in [6.45, 7) is 5.89. The van der Waals surface area contributed by atoms with Crippen molar-refractivity contribution in [2.75, 3.05) is 19.6 Å². The molecule has 2 heterocycles. The highest BCUT2D eigenvalue weighted by atomic mass is 32.1. The molecule has 21 heavy (non-hydrogen) atoms. The number of thiophene rings is 1. The smallest absolute Gasteiger partial charge is 0.321 e. The van der Waals surface area contributed by atoms with Gasteiger partial charge in [-0.2, -0.15) is 0 Å². The van der Waals surface area contributed by atoms with Crippen molar-refractivity contribution in [1.29, 1.82) is 0 Å². The Hall–Kier alpha value is -1.40. The molecule has 1 atom stereocenters. The van der Waals surface area contributed by atoms with Crippen molar-refractivity contribution < 1.29 is 9.59 Å². The van der Waals surface area contributed by atoms with Crippen LogP contribution >= 0.6 is 11.3 Å². The molecule has 2 N–H and O–H groups in total. The molecule has 116 valence electrons. The predicted octanol–water partition coefficient (Wildman–Crippen LogP) is 2.29. The Balaban J connectivity index is 1.79. The summed E-state index contributed by atoms with van der Waals surface area (Å²) >= 11 is 1.78. The molecular weight excluding hydrogens is 286 g/mol. The van der Waals surface area contributed by atoms with Gasteiger partial charge in [0.15, 0.2) is 0 Å². The maximum absolute atomic E-state index is 11.9. The molecule has 2 rings (SSSR count). The standard InChI is InChI=1S/C15H23N3O2S/c1-3-4-7-16-15(20)17-14(19)10-18-8-5-13-12(11(18)2)6-9-21-13/h6,9,11H,3-5,7-8,10H2,1-2H3,(H2,16,17,19,20)/t11-/m0/s1. The summed E-state index contributed by atoms with van der Waals surface area (Å²) in [6, 6.07) is 1.97. The lowest BCUT2D eigenvalue weighted by Crippen LogP contribution is -2.46. The summed E-state index contributed by atoms with van der Waals surface area (Å²) < 4.78 is 0. The van der Waals surface area contributed by atoms with Crippen LogP contribution in [0.25, 0.3) is 0 Å². The number of amides is 3. The van der Waals surface area contributed by atoms with Crippen LogP contribution in [0.15, 0.2) is 11.4 Å². The Morgan fingerprint density at radius 3 is 3.05 bits per heavy atom. The molecule has 1 aliphatic rings. The van der Waals surface area contributed by atoms with E-state index in [4.69, 9.17) is 0 Å². The van der Waals surface area contributed by atoms with Crippen LogP contribution in [0.1, 0.15) is 43.2 Å². The second-order valence-corrected chi connectivity index (χ2v) is 6.35. The molecule has 3 amide bonds. The van der Waals surface area contributed by atoms with Crippen LogP contribution in [-0.4, -0.2) is 36.5 Å². The van der Waals surface area contributed by atoms with E-state index < -0.39 is 6.03 Å². The number of hydrogen-bond donors (Lipinski definition) is 2. The van der Waals surface area contributed by atoms with Crippen LogP contribution in [0.5, 0.6) is 0 Å². The molecule has 0 radical (unpaired) electrons. The third-order valence-corrected chi connectivity index (χ3v) is 4.82. The molecule has 0 aromatic carbocycles. The van der Waals surface area contributed by atoms with Crippen molar-refractivity contribution in [1.82, 2.24) is 15.5 Å². The topological polar surface area (TPSA) is 61.4 Å². The van der Waals surface area contributed by atoms with Crippen LogP contribution in [0.3, 0.4) is 0 Å². The van der Waals surface area contributed by atoms with Gasteiger partial charge in [-0.05, 0) is 36.8 Å². The predicted molar refractivity (Wildman–Crippen MR) is 84.5 cm³/mol. The Labute approximate surface area is 129 Å². The molecule has 0 unspecified atom stereocenters. The van der Waals surface area contributed by atoms with Gasteiger partial charge in [-0.1, -0.05) is 13.3 Å². The zero-order valence-corrected chi connectivity index (χ0v) is 13.5. The second-order valence-electron chi connectivity index (χ2n) is 5.35. The number of rotatable bonds is 5. The highest BCUT2D eigenvalue weighted by Gasteiger charge is 2.26. The fraction of sp³-hybridized carbons (Fsp3) is 0.600. The maximum Gasteiger partial charge on any atom is 0.321 e.